The Balaban J connectivity index is 1.59. The molecule has 0 spiro atoms. The van der Waals surface area contributed by atoms with E-state index in [0.717, 1.165) is 36.9 Å². The van der Waals surface area contributed by atoms with Crippen molar-refractivity contribution in [1.82, 2.24) is 25.1 Å². The van der Waals surface area contributed by atoms with Crippen molar-refractivity contribution in [2.45, 2.75) is 19.5 Å². The summed E-state index contributed by atoms with van der Waals surface area (Å²) in [5.74, 6) is 0.278. The molecule has 1 fully saturated rings. The Morgan fingerprint density at radius 1 is 1.07 bits per heavy atom. The van der Waals surface area contributed by atoms with Crippen molar-refractivity contribution in [1.29, 1.82) is 0 Å². The van der Waals surface area contributed by atoms with Crippen molar-refractivity contribution in [2.24, 2.45) is 0 Å². The summed E-state index contributed by atoms with van der Waals surface area (Å²) < 4.78 is 14.6. The standard InChI is InChI=1S/C20H22ClFN6/c1-2-28-24-20(23-25-28)19(17-8-3-4-9-18(17)22)27-12-10-26(11-13-27)16-7-5-6-15(21)14-16/h3-9,14,19H,2,10-13H2,1H3. The van der Waals surface area contributed by atoms with Gasteiger partial charge in [-0.25, -0.2) is 4.39 Å². The highest BCUT2D eigenvalue weighted by Gasteiger charge is 2.31. The predicted molar refractivity (Wildman–Crippen MR) is 107 cm³/mol. The van der Waals surface area contributed by atoms with E-state index in [-0.39, 0.29) is 11.9 Å². The minimum absolute atomic E-state index is 0.252. The molecule has 6 nitrogen and oxygen atoms in total. The molecule has 0 radical (unpaired) electrons. The number of hydrogen-bond donors (Lipinski definition) is 0. The van der Waals surface area contributed by atoms with Gasteiger partial charge < -0.3 is 4.90 Å². The van der Waals surface area contributed by atoms with E-state index in [1.165, 1.54) is 10.9 Å². The van der Waals surface area contributed by atoms with Crippen LogP contribution in [-0.2, 0) is 6.54 Å². The lowest BCUT2D eigenvalue weighted by Crippen LogP contribution is -2.48. The number of aromatic nitrogens is 4. The van der Waals surface area contributed by atoms with Crippen molar-refractivity contribution in [3.8, 4) is 0 Å². The van der Waals surface area contributed by atoms with Gasteiger partial charge in [-0.1, -0.05) is 35.9 Å². The molecule has 1 unspecified atom stereocenters. The first-order valence-electron chi connectivity index (χ1n) is 9.42. The average Bonchev–Trinajstić information content (AvgIpc) is 3.19. The predicted octanol–water partition coefficient (Wildman–Crippen LogP) is 3.40. The molecule has 4 rings (SSSR count). The van der Waals surface area contributed by atoms with Crippen LogP contribution in [0.4, 0.5) is 10.1 Å². The van der Waals surface area contributed by atoms with E-state index in [1.54, 1.807) is 12.1 Å². The third-order valence-corrected chi connectivity index (χ3v) is 5.28. The monoisotopic (exact) mass is 400 g/mol. The number of nitrogens with zero attached hydrogens (tertiary/aromatic N) is 6. The van der Waals surface area contributed by atoms with Gasteiger partial charge in [-0.3, -0.25) is 4.90 Å². The van der Waals surface area contributed by atoms with Crippen LogP contribution in [0.1, 0.15) is 24.4 Å². The van der Waals surface area contributed by atoms with E-state index >= 15 is 0 Å². The molecule has 0 saturated carbocycles. The fourth-order valence-corrected chi connectivity index (χ4v) is 3.79. The number of anilines is 1. The van der Waals surface area contributed by atoms with E-state index < -0.39 is 0 Å². The number of piperazine rings is 1. The molecule has 2 aromatic carbocycles. The Bertz CT molecular complexity index is 938. The van der Waals surface area contributed by atoms with Crippen LogP contribution in [0.3, 0.4) is 0 Å². The zero-order chi connectivity index (χ0) is 19.5. The van der Waals surface area contributed by atoms with Gasteiger partial charge in [0.1, 0.15) is 11.9 Å². The van der Waals surface area contributed by atoms with Gasteiger partial charge in [0.2, 0.25) is 0 Å². The molecule has 1 aromatic heterocycles. The van der Waals surface area contributed by atoms with Crippen LogP contribution in [0.2, 0.25) is 5.02 Å². The van der Waals surface area contributed by atoms with Gasteiger partial charge in [0, 0.05) is 42.5 Å². The van der Waals surface area contributed by atoms with Crippen LogP contribution in [0, 0.1) is 5.82 Å². The lowest BCUT2D eigenvalue weighted by molar-refractivity contribution is 0.202. The summed E-state index contributed by atoms with van der Waals surface area (Å²) in [5, 5.41) is 13.5. The highest BCUT2D eigenvalue weighted by molar-refractivity contribution is 6.30. The van der Waals surface area contributed by atoms with E-state index in [2.05, 4.69) is 31.3 Å². The number of tetrazole rings is 1. The van der Waals surface area contributed by atoms with E-state index in [1.807, 2.05) is 31.2 Å². The van der Waals surface area contributed by atoms with Crippen molar-refractivity contribution in [3.05, 3.63) is 70.8 Å². The lowest BCUT2D eigenvalue weighted by atomic mass is 10.0. The van der Waals surface area contributed by atoms with Crippen molar-refractivity contribution in [2.75, 3.05) is 31.1 Å². The first kappa shape index (κ1) is 18.8. The molecule has 0 bridgehead atoms. The number of halogens is 2. The highest BCUT2D eigenvalue weighted by atomic mass is 35.5. The van der Waals surface area contributed by atoms with Crippen LogP contribution in [0.5, 0.6) is 0 Å². The summed E-state index contributed by atoms with van der Waals surface area (Å²) in [6.45, 7) is 5.71. The molecule has 1 aliphatic heterocycles. The summed E-state index contributed by atoms with van der Waals surface area (Å²) in [5.41, 5.74) is 1.68. The molecule has 3 aromatic rings. The van der Waals surface area contributed by atoms with Gasteiger partial charge in [-0.15, -0.1) is 10.2 Å². The second-order valence-electron chi connectivity index (χ2n) is 6.76. The molecular weight excluding hydrogens is 379 g/mol. The number of aryl methyl sites for hydroxylation is 1. The minimum atomic E-state index is -0.358. The topological polar surface area (TPSA) is 50.1 Å². The summed E-state index contributed by atoms with van der Waals surface area (Å²) in [6.07, 6.45) is 0. The van der Waals surface area contributed by atoms with Gasteiger partial charge in [-0.05, 0) is 36.4 Å². The normalized spacial score (nSPS) is 16.3. The lowest BCUT2D eigenvalue weighted by Gasteiger charge is -2.39. The van der Waals surface area contributed by atoms with E-state index in [4.69, 9.17) is 11.6 Å². The third kappa shape index (κ3) is 3.86. The Hall–Kier alpha value is -2.51. The van der Waals surface area contributed by atoms with Crippen molar-refractivity contribution >= 4 is 17.3 Å². The summed E-state index contributed by atoms with van der Waals surface area (Å²) in [4.78, 5) is 6.04. The maximum atomic E-state index is 14.6. The van der Waals surface area contributed by atoms with E-state index in [0.29, 0.717) is 17.9 Å². The van der Waals surface area contributed by atoms with Crippen molar-refractivity contribution in [3.63, 3.8) is 0 Å². The summed E-state index contributed by atoms with van der Waals surface area (Å²) in [6, 6.07) is 14.3. The quantitative estimate of drug-likeness (QED) is 0.657. The fourth-order valence-electron chi connectivity index (χ4n) is 3.61. The molecule has 28 heavy (non-hydrogen) atoms. The average molecular weight is 401 g/mol. The zero-order valence-electron chi connectivity index (χ0n) is 15.7. The largest absolute Gasteiger partial charge is 0.369 e. The Morgan fingerprint density at radius 3 is 2.54 bits per heavy atom. The van der Waals surface area contributed by atoms with Gasteiger partial charge in [0.25, 0.3) is 0 Å². The van der Waals surface area contributed by atoms with Gasteiger partial charge in [0.05, 0.1) is 6.54 Å². The van der Waals surface area contributed by atoms with E-state index in [9.17, 15) is 4.39 Å². The Morgan fingerprint density at radius 2 is 1.86 bits per heavy atom. The summed E-state index contributed by atoms with van der Waals surface area (Å²) >= 11 is 6.13. The SMILES string of the molecule is CCn1nnc(C(c2ccccc2F)N2CCN(c3cccc(Cl)c3)CC2)n1. The second kappa shape index (κ2) is 8.24. The number of rotatable bonds is 5. The summed E-state index contributed by atoms with van der Waals surface area (Å²) in [7, 11) is 0. The number of benzene rings is 2. The smallest absolute Gasteiger partial charge is 0.196 e. The molecule has 2 heterocycles. The Kier molecular flexibility index (Phi) is 5.54. The van der Waals surface area contributed by atoms with Gasteiger partial charge >= 0.3 is 0 Å². The number of hydrogen-bond acceptors (Lipinski definition) is 5. The highest BCUT2D eigenvalue weighted by Crippen LogP contribution is 2.30. The molecular formula is C20H22ClFN6. The fraction of sp³-hybridized carbons (Fsp3) is 0.350. The molecule has 1 aliphatic rings. The second-order valence-corrected chi connectivity index (χ2v) is 7.20. The molecule has 0 aliphatic carbocycles. The third-order valence-electron chi connectivity index (χ3n) is 5.05. The van der Waals surface area contributed by atoms with Gasteiger partial charge in [-0.2, -0.15) is 4.80 Å². The maximum absolute atomic E-state index is 14.6. The van der Waals surface area contributed by atoms with Gasteiger partial charge in [0.15, 0.2) is 5.82 Å². The zero-order valence-corrected chi connectivity index (χ0v) is 16.4. The molecule has 0 N–H and O–H groups in total. The minimum Gasteiger partial charge on any atom is -0.369 e. The Labute approximate surface area is 168 Å². The van der Waals surface area contributed by atoms with Crippen LogP contribution in [0.15, 0.2) is 48.5 Å². The molecule has 0 amide bonds. The first-order chi connectivity index (χ1) is 13.7. The maximum Gasteiger partial charge on any atom is 0.196 e. The molecule has 1 saturated heterocycles. The van der Waals surface area contributed by atoms with Crippen LogP contribution < -0.4 is 4.90 Å². The van der Waals surface area contributed by atoms with Crippen molar-refractivity contribution < 1.29 is 4.39 Å². The molecule has 146 valence electrons. The molecule has 8 heteroatoms. The molecule has 1 atom stereocenters. The van der Waals surface area contributed by atoms with Crippen LogP contribution in [-0.4, -0.2) is 51.3 Å². The first-order valence-corrected chi connectivity index (χ1v) is 9.80. The van der Waals surface area contributed by atoms with Crippen LogP contribution >= 0.6 is 11.6 Å². The van der Waals surface area contributed by atoms with Crippen LogP contribution in [0.25, 0.3) is 0 Å².